The quantitative estimate of drug-likeness (QED) is 0.401. The Kier molecular flexibility index (Phi) is 9.13. The van der Waals surface area contributed by atoms with E-state index in [0.717, 1.165) is 28.9 Å². The standard InChI is InChI=1S/C26H35BN2O5/c1-17(2)14-24(27(32)33)29-26(31)22(15-18-8-5-4-6-9-18)28-25(30)20-12-13-21-19(16-20)10-7-11-23(21)34-3/h4-11,17,20,22,24,32-33H,12-16H2,1-3H3,(H,28,30)(H,29,31)/t20?,22-,24-/m0/s1. The van der Waals surface area contributed by atoms with Crippen molar-refractivity contribution in [2.24, 2.45) is 11.8 Å². The number of methoxy groups -OCH3 is 1. The monoisotopic (exact) mass is 466 g/mol. The van der Waals surface area contributed by atoms with E-state index in [2.05, 4.69) is 10.6 Å². The van der Waals surface area contributed by atoms with Crippen LogP contribution in [0.3, 0.4) is 0 Å². The predicted molar refractivity (Wildman–Crippen MR) is 132 cm³/mol. The van der Waals surface area contributed by atoms with Crippen molar-refractivity contribution in [3.63, 3.8) is 0 Å². The third kappa shape index (κ3) is 6.84. The number of hydrogen-bond acceptors (Lipinski definition) is 5. The molecule has 1 unspecified atom stereocenters. The number of ether oxygens (including phenoxy) is 1. The maximum Gasteiger partial charge on any atom is 0.475 e. The van der Waals surface area contributed by atoms with Crippen molar-refractivity contribution < 1.29 is 24.4 Å². The van der Waals surface area contributed by atoms with Crippen LogP contribution in [0.2, 0.25) is 0 Å². The zero-order valence-electron chi connectivity index (χ0n) is 20.2. The van der Waals surface area contributed by atoms with E-state index in [1.165, 1.54) is 0 Å². The van der Waals surface area contributed by atoms with Crippen molar-refractivity contribution in [3.05, 3.63) is 65.2 Å². The SMILES string of the molecule is COc1cccc2c1CCC(C(=O)N[C@@H](Cc1ccccc1)C(=O)N[C@@H](CC(C)C)B(O)O)C2. The van der Waals surface area contributed by atoms with Gasteiger partial charge in [-0.15, -0.1) is 0 Å². The molecule has 0 radical (unpaired) electrons. The lowest BCUT2D eigenvalue weighted by atomic mass is 9.75. The van der Waals surface area contributed by atoms with Crippen LogP contribution in [0.1, 0.15) is 43.4 Å². The molecule has 0 heterocycles. The Morgan fingerprint density at radius 1 is 1.09 bits per heavy atom. The molecule has 0 saturated heterocycles. The molecule has 2 amide bonds. The number of carbonyl (C=O) groups is 2. The third-order valence-electron chi connectivity index (χ3n) is 6.36. The smallest absolute Gasteiger partial charge is 0.475 e. The highest BCUT2D eigenvalue weighted by molar-refractivity contribution is 6.43. The molecule has 1 aliphatic rings. The first-order valence-electron chi connectivity index (χ1n) is 11.9. The maximum absolute atomic E-state index is 13.2. The molecule has 7 nitrogen and oxygen atoms in total. The van der Waals surface area contributed by atoms with Crippen molar-refractivity contribution in [2.45, 2.75) is 57.9 Å². The van der Waals surface area contributed by atoms with Gasteiger partial charge in [0.15, 0.2) is 0 Å². The summed E-state index contributed by atoms with van der Waals surface area (Å²) in [5, 5.41) is 25.2. The first-order chi connectivity index (χ1) is 16.3. The molecule has 34 heavy (non-hydrogen) atoms. The molecule has 0 aliphatic heterocycles. The Bertz CT molecular complexity index is 967. The molecule has 4 N–H and O–H groups in total. The molecular formula is C26H35BN2O5. The largest absolute Gasteiger partial charge is 0.496 e. The normalized spacial score (nSPS) is 16.8. The number of amides is 2. The Morgan fingerprint density at radius 3 is 2.47 bits per heavy atom. The van der Waals surface area contributed by atoms with Gasteiger partial charge in [0, 0.05) is 12.3 Å². The number of rotatable bonds is 10. The average Bonchev–Trinajstić information content (AvgIpc) is 2.82. The van der Waals surface area contributed by atoms with E-state index in [9.17, 15) is 19.6 Å². The van der Waals surface area contributed by atoms with E-state index in [-0.39, 0.29) is 17.7 Å². The molecule has 3 rings (SSSR count). The fourth-order valence-corrected chi connectivity index (χ4v) is 4.58. The molecule has 8 heteroatoms. The van der Waals surface area contributed by atoms with E-state index < -0.39 is 25.0 Å². The number of hydrogen-bond donors (Lipinski definition) is 4. The summed E-state index contributed by atoms with van der Waals surface area (Å²) in [5.74, 6) is -0.648. The summed E-state index contributed by atoms with van der Waals surface area (Å²) in [6.45, 7) is 3.89. The lowest BCUT2D eigenvalue weighted by Gasteiger charge is -2.28. The number of nitrogens with one attached hydrogen (secondary N) is 2. The fourth-order valence-electron chi connectivity index (χ4n) is 4.58. The third-order valence-corrected chi connectivity index (χ3v) is 6.36. The second-order valence-corrected chi connectivity index (χ2v) is 9.45. The van der Waals surface area contributed by atoms with Crippen LogP contribution in [-0.2, 0) is 28.9 Å². The van der Waals surface area contributed by atoms with Gasteiger partial charge in [-0.1, -0.05) is 56.3 Å². The lowest BCUT2D eigenvalue weighted by molar-refractivity contribution is -0.131. The van der Waals surface area contributed by atoms with Crippen LogP contribution in [0.5, 0.6) is 5.75 Å². The first kappa shape index (κ1) is 25.8. The molecule has 0 aromatic heterocycles. The van der Waals surface area contributed by atoms with Crippen molar-refractivity contribution in [1.29, 1.82) is 0 Å². The Balaban J connectivity index is 1.74. The van der Waals surface area contributed by atoms with E-state index in [4.69, 9.17) is 4.74 Å². The molecule has 182 valence electrons. The summed E-state index contributed by atoms with van der Waals surface area (Å²) >= 11 is 0. The Hall–Kier alpha value is -2.84. The van der Waals surface area contributed by atoms with E-state index in [1.807, 2.05) is 62.4 Å². The van der Waals surface area contributed by atoms with Gasteiger partial charge in [0.1, 0.15) is 11.8 Å². The summed E-state index contributed by atoms with van der Waals surface area (Å²) in [6, 6.07) is 14.5. The lowest BCUT2D eigenvalue weighted by Crippen LogP contribution is -2.55. The Morgan fingerprint density at radius 2 is 1.82 bits per heavy atom. The van der Waals surface area contributed by atoms with Crippen LogP contribution in [0, 0.1) is 11.8 Å². The number of benzene rings is 2. The van der Waals surface area contributed by atoms with Crippen LogP contribution in [0.25, 0.3) is 0 Å². The van der Waals surface area contributed by atoms with Crippen LogP contribution in [0.4, 0.5) is 0 Å². The van der Waals surface area contributed by atoms with Gasteiger partial charge in [-0.3, -0.25) is 9.59 Å². The highest BCUT2D eigenvalue weighted by Gasteiger charge is 2.32. The van der Waals surface area contributed by atoms with Crippen molar-refractivity contribution in [1.82, 2.24) is 10.6 Å². The zero-order chi connectivity index (χ0) is 24.7. The molecule has 1 aliphatic carbocycles. The first-order valence-corrected chi connectivity index (χ1v) is 11.9. The van der Waals surface area contributed by atoms with Gasteiger partial charge >= 0.3 is 7.12 Å². The van der Waals surface area contributed by atoms with Crippen LogP contribution < -0.4 is 15.4 Å². The predicted octanol–water partition coefficient (Wildman–Crippen LogP) is 2.07. The van der Waals surface area contributed by atoms with Crippen molar-refractivity contribution in [3.8, 4) is 5.75 Å². The van der Waals surface area contributed by atoms with Gasteiger partial charge < -0.3 is 25.4 Å². The molecule has 0 spiro atoms. The number of carbonyl (C=O) groups excluding carboxylic acids is 2. The molecule has 0 saturated carbocycles. The second-order valence-electron chi connectivity index (χ2n) is 9.45. The maximum atomic E-state index is 13.2. The summed E-state index contributed by atoms with van der Waals surface area (Å²) in [5.41, 5.74) is 3.14. The van der Waals surface area contributed by atoms with E-state index in [0.29, 0.717) is 25.7 Å². The fraction of sp³-hybridized carbons (Fsp3) is 0.462. The zero-order valence-corrected chi connectivity index (χ0v) is 20.2. The molecular weight excluding hydrogens is 431 g/mol. The minimum absolute atomic E-state index is 0.161. The van der Waals surface area contributed by atoms with Gasteiger partial charge in [0.05, 0.1) is 13.1 Å². The van der Waals surface area contributed by atoms with Crippen molar-refractivity contribution >= 4 is 18.9 Å². The highest BCUT2D eigenvalue weighted by Crippen LogP contribution is 2.32. The summed E-state index contributed by atoms with van der Waals surface area (Å²) in [4.78, 5) is 26.4. The molecule has 0 fully saturated rings. The van der Waals surface area contributed by atoms with Gasteiger partial charge in [-0.25, -0.2) is 0 Å². The second kappa shape index (κ2) is 12.0. The van der Waals surface area contributed by atoms with Crippen LogP contribution >= 0.6 is 0 Å². The van der Waals surface area contributed by atoms with E-state index in [1.54, 1.807) is 7.11 Å². The van der Waals surface area contributed by atoms with Crippen LogP contribution in [0.15, 0.2) is 48.5 Å². The summed E-state index contributed by atoms with van der Waals surface area (Å²) in [6.07, 6.45) is 2.72. The molecule has 0 bridgehead atoms. The van der Waals surface area contributed by atoms with E-state index >= 15 is 0 Å². The number of fused-ring (bicyclic) bond motifs is 1. The average molecular weight is 466 g/mol. The van der Waals surface area contributed by atoms with Gasteiger partial charge in [-0.05, 0) is 54.4 Å². The van der Waals surface area contributed by atoms with Gasteiger partial charge in [-0.2, -0.15) is 0 Å². The van der Waals surface area contributed by atoms with Gasteiger partial charge in [0.25, 0.3) is 0 Å². The summed E-state index contributed by atoms with van der Waals surface area (Å²) in [7, 11) is -0.0267. The topological polar surface area (TPSA) is 108 Å². The van der Waals surface area contributed by atoms with Gasteiger partial charge in [0.2, 0.25) is 11.8 Å². The minimum Gasteiger partial charge on any atom is -0.496 e. The Labute approximate surface area is 202 Å². The summed E-state index contributed by atoms with van der Waals surface area (Å²) < 4.78 is 5.46. The van der Waals surface area contributed by atoms with Crippen LogP contribution in [-0.4, -0.2) is 48.1 Å². The molecule has 2 aromatic rings. The van der Waals surface area contributed by atoms with Crippen molar-refractivity contribution in [2.75, 3.05) is 7.11 Å². The highest BCUT2D eigenvalue weighted by atomic mass is 16.5. The molecule has 2 aromatic carbocycles. The minimum atomic E-state index is -1.68. The molecule has 3 atom stereocenters.